The Morgan fingerprint density at radius 2 is 2.04 bits per heavy atom. The van der Waals surface area contributed by atoms with Gasteiger partial charge in [-0.2, -0.15) is 14.5 Å². The molecule has 142 valence electrons. The van der Waals surface area contributed by atoms with Crippen LogP contribution in [0.2, 0.25) is 0 Å². The molecule has 0 bridgehead atoms. The highest BCUT2D eigenvalue weighted by Crippen LogP contribution is 2.29. The third-order valence-corrected chi connectivity index (χ3v) is 5.00. The van der Waals surface area contributed by atoms with E-state index in [0.29, 0.717) is 18.5 Å². The van der Waals surface area contributed by atoms with Crippen LogP contribution in [0.15, 0.2) is 12.4 Å². The second-order valence-corrected chi connectivity index (χ2v) is 7.61. The van der Waals surface area contributed by atoms with Crippen molar-refractivity contribution in [2.45, 2.75) is 59.4 Å². The van der Waals surface area contributed by atoms with Crippen LogP contribution in [0, 0.1) is 24.6 Å². The summed E-state index contributed by atoms with van der Waals surface area (Å²) in [6.45, 7) is 8.81. The number of ether oxygens (including phenoxy) is 1. The summed E-state index contributed by atoms with van der Waals surface area (Å²) >= 11 is 0. The molecule has 0 aromatic carbocycles. The lowest BCUT2D eigenvalue weighted by Gasteiger charge is -2.25. The average molecular weight is 361 g/mol. The molecular formula is C19H28FN5O. The molecule has 1 N–H and O–H groups in total. The topological polar surface area (TPSA) is 64.9 Å². The van der Waals surface area contributed by atoms with Crippen LogP contribution in [0.5, 0.6) is 5.88 Å². The summed E-state index contributed by atoms with van der Waals surface area (Å²) in [6.07, 6.45) is 7.74. The molecule has 0 radical (unpaired) electrons. The van der Waals surface area contributed by atoms with Crippen LogP contribution in [0.3, 0.4) is 0 Å². The third kappa shape index (κ3) is 4.51. The molecule has 26 heavy (non-hydrogen) atoms. The Labute approximate surface area is 154 Å². The largest absolute Gasteiger partial charge is 0.475 e. The van der Waals surface area contributed by atoms with E-state index in [-0.39, 0.29) is 11.9 Å². The molecule has 3 rings (SSSR count). The van der Waals surface area contributed by atoms with E-state index < -0.39 is 5.82 Å². The molecular weight excluding hydrogens is 333 g/mol. The third-order valence-electron chi connectivity index (χ3n) is 5.00. The predicted molar refractivity (Wildman–Crippen MR) is 99.2 cm³/mol. The van der Waals surface area contributed by atoms with Crippen molar-refractivity contribution in [1.82, 2.24) is 19.7 Å². The minimum Gasteiger partial charge on any atom is -0.475 e. The van der Waals surface area contributed by atoms with Gasteiger partial charge in [0.1, 0.15) is 0 Å². The standard InChI is InChI=1S/C19H28FN5O/c1-12(2)25-10-17(14(4)24-25)22-19-21-9-16(20)18(23-19)26-11-15-7-5-13(3)6-8-15/h9-10,12-13,15H,5-8,11H2,1-4H3,(H,21,22,23)/t13-,15-. The molecule has 0 unspecified atom stereocenters. The molecule has 0 spiro atoms. The van der Waals surface area contributed by atoms with E-state index in [9.17, 15) is 4.39 Å². The lowest BCUT2D eigenvalue weighted by atomic mass is 9.83. The number of hydrogen-bond donors (Lipinski definition) is 1. The first-order valence-corrected chi connectivity index (χ1v) is 9.40. The van der Waals surface area contributed by atoms with Crippen molar-refractivity contribution in [2.75, 3.05) is 11.9 Å². The number of nitrogens with zero attached hydrogens (tertiary/aromatic N) is 4. The van der Waals surface area contributed by atoms with Crippen LogP contribution in [0.1, 0.15) is 58.2 Å². The lowest BCUT2D eigenvalue weighted by molar-refractivity contribution is 0.178. The molecule has 0 aliphatic heterocycles. The first kappa shape index (κ1) is 18.6. The number of aryl methyl sites for hydroxylation is 1. The Balaban J connectivity index is 1.65. The minimum atomic E-state index is -0.533. The predicted octanol–water partition coefficient (Wildman–Crippen LogP) is 4.65. The first-order valence-electron chi connectivity index (χ1n) is 9.40. The molecule has 1 aliphatic rings. The summed E-state index contributed by atoms with van der Waals surface area (Å²) in [5.41, 5.74) is 1.64. The average Bonchev–Trinajstić information content (AvgIpc) is 2.98. The van der Waals surface area contributed by atoms with Crippen molar-refractivity contribution in [1.29, 1.82) is 0 Å². The maximum atomic E-state index is 14.0. The number of halogens is 1. The fourth-order valence-electron chi connectivity index (χ4n) is 3.19. The van der Waals surface area contributed by atoms with Crippen molar-refractivity contribution in [3.05, 3.63) is 23.9 Å². The van der Waals surface area contributed by atoms with Gasteiger partial charge >= 0.3 is 0 Å². The Kier molecular flexibility index (Phi) is 5.74. The van der Waals surface area contributed by atoms with Crippen LogP contribution in [-0.4, -0.2) is 26.4 Å². The van der Waals surface area contributed by atoms with Crippen molar-refractivity contribution in [3.63, 3.8) is 0 Å². The Hall–Kier alpha value is -2.18. The smallest absolute Gasteiger partial charge is 0.255 e. The summed E-state index contributed by atoms with van der Waals surface area (Å²) in [5.74, 6) is 1.05. The van der Waals surface area contributed by atoms with E-state index in [1.807, 2.05) is 17.8 Å². The van der Waals surface area contributed by atoms with E-state index in [4.69, 9.17) is 4.74 Å². The molecule has 7 heteroatoms. The number of anilines is 2. The van der Waals surface area contributed by atoms with E-state index in [1.165, 1.54) is 12.8 Å². The molecule has 1 fully saturated rings. The fraction of sp³-hybridized carbons (Fsp3) is 0.632. The van der Waals surface area contributed by atoms with Crippen LogP contribution in [0.4, 0.5) is 16.0 Å². The second-order valence-electron chi connectivity index (χ2n) is 7.61. The van der Waals surface area contributed by atoms with Gasteiger partial charge in [-0.1, -0.05) is 19.8 Å². The summed E-state index contributed by atoms with van der Waals surface area (Å²) in [5, 5.41) is 7.55. The molecule has 2 aromatic heterocycles. The lowest BCUT2D eigenvalue weighted by Crippen LogP contribution is -2.19. The Bertz CT molecular complexity index is 738. The van der Waals surface area contributed by atoms with Gasteiger partial charge in [-0.15, -0.1) is 0 Å². The minimum absolute atomic E-state index is 0.00928. The zero-order valence-corrected chi connectivity index (χ0v) is 16.0. The van der Waals surface area contributed by atoms with E-state index in [0.717, 1.165) is 36.3 Å². The molecule has 0 atom stereocenters. The van der Waals surface area contributed by atoms with Gasteiger partial charge in [0.15, 0.2) is 0 Å². The normalized spacial score (nSPS) is 20.4. The van der Waals surface area contributed by atoms with Crippen LogP contribution < -0.4 is 10.1 Å². The number of rotatable bonds is 6. The van der Waals surface area contributed by atoms with Gasteiger partial charge in [0.05, 0.1) is 24.2 Å². The van der Waals surface area contributed by atoms with Gasteiger partial charge < -0.3 is 10.1 Å². The first-order chi connectivity index (χ1) is 12.4. The monoisotopic (exact) mass is 361 g/mol. The summed E-state index contributed by atoms with van der Waals surface area (Å²) < 4.78 is 21.6. The molecule has 1 saturated carbocycles. The fourth-order valence-corrected chi connectivity index (χ4v) is 3.19. The summed E-state index contributed by atoms with van der Waals surface area (Å²) in [7, 11) is 0. The van der Waals surface area contributed by atoms with Crippen LogP contribution in [0.25, 0.3) is 0 Å². The molecule has 0 amide bonds. The van der Waals surface area contributed by atoms with Crippen molar-refractivity contribution in [2.24, 2.45) is 11.8 Å². The maximum Gasteiger partial charge on any atom is 0.255 e. The molecule has 0 saturated heterocycles. The van der Waals surface area contributed by atoms with Gasteiger partial charge in [-0.05, 0) is 45.4 Å². The Morgan fingerprint density at radius 3 is 2.69 bits per heavy atom. The van der Waals surface area contributed by atoms with E-state index in [2.05, 4.69) is 41.2 Å². The maximum absolute atomic E-state index is 14.0. The molecule has 6 nitrogen and oxygen atoms in total. The Morgan fingerprint density at radius 1 is 1.31 bits per heavy atom. The summed E-state index contributed by atoms with van der Waals surface area (Å²) in [6, 6.07) is 0.260. The van der Waals surface area contributed by atoms with E-state index in [1.54, 1.807) is 0 Å². The summed E-state index contributed by atoms with van der Waals surface area (Å²) in [4.78, 5) is 8.23. The van der Waals surface area contributed by atoms with Crippen molar-refractivity contribution in [3.8, 4) is 5.88 Å². The number of hydrogen-bond acceptors (Lipinski definition) is 5. The zero-order valence-electron chi connectivity index (χ0n) is 16.0. The van der Waals surface area contributed by atoms with Crippen molar-refractivity contribution >= 4 is 11.6 Å². The van der Waals surface area contributed by atoms with Gasteiger partial charge in [0.25, 0.3) is 5.88 Å². The van der Waals surface area contributed by atoms with E-state index >= 15 is 0 Å². The number of nitrogens with one attached hydrogen (secondary N) is 1. The SMILES string of the molecule is Cc1nn(C(C)C)cc1Nc1ncc(F)c(OC[C@H]2CC[C@H](C)CC2)n1. The highest BCUT2D eigenvalue weighted by molar-refractivity contribution is 5.55. The second kappa shape index (κ2) is 8.01. The highest BCUT2D eigenvalue weighted by Gasteiger charge is 2.20. The van der Waals surface area contributed by atoms with Gasteiger partial charge in [0.2, 0.25) is 11.8 Å². The zero-order chi connectivity index (χ0) is 18.7. The molecule has 1 aliphatic carbocycles. The van der Waals surface area contributed by atoms with Gasteiger partial charge in [0, 0.05) is 12.2 Å². The highest BCUT2D eigenvalue weighted by atomic mass is 19.1. The quantitative estimate of drug-likeness (QED) is 0.811. The van der Waals surface area contributed by atoms with Gasteiger partial charge in [-0.25, -0.2) is 4.98 Å². The van der Waals surface area contributed by atoms with Gasteiger partial charge in [-0.3, -0.25) is 4.68 Å². The van der Waals surface area contributed by atoms with Crippen LogP contribution in [-0.2, 0) is 0 Å². The van der Waals surface area contributed by atoms with Crippen LogP contribution >= 0.6 is 0 Å². The number of aromatic nitrogens is 4. The molecule has 2 aromatic rings. The molecule has 2 heterocycles. The van der Waals surface area contributed by atoms with Crippen molar-refractivity contribution < 1.29 is 9.13 Å².